The maximum Gasteiger partial charge on any atom is 0.270 e. The van der Waals surface area contributed by atoms with E-state index in [0.29, 0.717) is 37.6 Å². The van der Waals surface area contributed by atoms with Crippen molar-refractivity contribution in [2.75, 3.05) is 18.4 Å². The number of aromatic nitrogens is 5. The summed E-state index contributed by atoms with van der Waals surface area (Å²) in [6.07, 6.45) is 5.71. The van der Waals surface area contributed by atoms with Crippen LogP contribution in [0.4, 0.5) is 5.82 Å². The van der Waals surface area contributed by atoms with E-state index in [0.717, 1.165) is 24.2 Å². The highest BCUT2D eigenvalue weighted by molar-refractivity contribution is 5.95. The zero-order chi connectivity index (χ0) is 18.5. The molecule has 0 atom stereocenters. The molecule has 0 saturated heterocycles. The molecule has 0 radical (unpaired) electrons. The summed E-state index contributed by atoms with van der Waals surface area (Å²) in [6, 6.07) is 10.2. The third-order valence-electron chi connectivity index (χ3n) is 4.51. The Morgan fingerprint density at radius 1 is 1.15 bits per heavy atom. The van der Waals surface area contributed by atoms with Gasteiger partial charge in [0.25, 0.3) is 5.91 Å². The van der Waals surface area contributed by atoms with Crippen molar-refractivity contribution in [1.29, 1.82) is 0 Å². The number of nitrogens with one attached hydrogen (secondary N) is 2. The highest BCUT2D eigenvalue weighted by Crippen LogP contribution is 2.21. The van der Waals surface area contributed by atoms with Crippen molar-refractivity contribution in [1.82, 2.24) is 30.3 Å². The SMILES string of the molecule is O=C1NCCc2c(NCCn3ccnn3)nc(CCc3ccccc3)nc21. The van der Waals surface area contributed by atoms with Crippen LogP contribution in [0.15, 0.2) is 42.7 Å². The number of carbonyl (C=O) groups is 1. The molecule has 1 aliphatic heterocycles. The van der Waals surface area contributed by atoms with Crippen LogP contribution >= 0.6 is 0 Å². The van der Waals surface area contributed by atoms with Gasteiger partial charge in [0.2, 0.25) is 0 Å². The first-order chi connectivity index (χ1) is 13.3. The third-order valence-corrected chi connectivity index (χ3v) is 4.51. The van der Waals surface area contributed by atoms with Crippen LogP contribution in [0.25, 0.3) is 0 Å². The van der Waals surface area contributed by atoms with Gasteiger partial charge in [-0.05, 0) is 18.4 Å². The number of benzene rings is 1. The van der Waals surface area contributed by atoms with Crippen molar-refractivity contribution < 1.29 is 4.79 Å². The number of fused-ring (bicyclic) bond motifs is 1. The maximum atomic E-state index is 12.3. The summed E-state index contributed by atoms with van der Waals surface area (Å²) in [4.78, 5) is 21.5. The average Bonchev–Trinajstić information content (AvgIpc) is 3.21. The molecule has 2 N–H and O–H groups in total. The Labute approximate surface area is 157 Å². The number of amides is 1. The zero-order valence-corrected chi connectivity index (χ0v) is 14.9. The summed E-state index contributed by atoms with van der Waals surface area (Å²) in [6.45, 7) is 1.92. The first-order valence-corrected chi connectivity index (χ1v) is 9.09. The molecular formula is C19H21N7O. The molecule has 138 valence electrons. The van der Waals surface area contributed by atoms with Crippen LogP contribution in [0, 0.1) is 0 Å². The Morgan fingerprint density at radius 3 is 2.85 bits per heavy atom. The van der Waals surface area contributed by atoms with Gasteiger partial charge in [-0.2, -0.15) is 0 Å². The number of aryl methyl sites for hydroxylation is 2. The predicted molar refractivity (Wildman–Crippen MR) is 100 cm³/mol. The predicted octanol–water partition coefficient (Wildman–Crippen LogP) is 1.25. The lowest BCUT2D eigenvalue weighted by atomic mass is 10.1. The normalized spacial score (nSPS) is 13.1. The van der Waals surface area contributed by atoms with E-state index in [1.54, 1.807) is 10.9 Å². The van der Waals surface area contributed by atoms with Gasteiger partial charge in [0, 0.05) is 31.3 Å². The van der Waals surface area contributed by atoms with E-state index in [2.05, 4.69) is 38.1 Å². The molecule has 0 fully saturated rings. The molecule has 2 aromatic heterocycles. The quantitative estimate of drug-likeness (QED) is 0.656. The van der Waals surface area contributed by atoms with Crippen LogP contribution in [-0.2, 0) is 25.8 Å². The lowest BCUT2D eigenvalue weighted by molar-refractivity contribution is 0.0940. The zero-order valence-electron chi connectivity index (χ0n) is 14.9. The second-order valence-electron chi connectivity index (χ2n) is 6.40. The highest BCUT2D eigenvalue weighted by Gasteiger charge is 2.23. The topological polar surface area (TPSA) is 97.6 Å². The summed E-state index contributed by atoms with van der Waals surface area (Å²) in [5.74, 6) is 1.30. The average molecular weight is 363 g/mol. The molecule has 0 saturated carbocycles. The van der Waals surface area contributed by atoms with E-state index in [4.69, 9.17) is 4.98 Å². The fourth-order valence-electron chi connectivity index (χ4n) is 3.14. The molecule has 3 aromatic rings. The number of hydrogen-bond donors (Lipinski definition) is 2. The molecule has 0 bridgehead atoms. The van der Waals surface area contributed by atoms with Crippen molar-refractivity contribution in [3.8, 4) is 0 Å². The van der Waals surface area contributed by atoms with E-state index >= 15 is 0 Å². The lowest BCUT2D eigenvalue weighted by Crippen LogP contribution is -2.34. The molecule has 1 aliphatic rings. The molecule has 8 heteroatoms. The lowest BCUT2D eigenvalue weighted by Gasteiger charge is -2.20. The molecular weight excluding hydrogens is 342 g/mol. The van der Waals surface area contributed by atoms with E-state index in [1.165, 1.54) is 5.56 Å². The number of nitrogens with zero attached hydrogens (tertiary/aromatic N) is 5. The molecule has 0 unspecified atom stereocenters. The van der Waals surface area contributed by atoms with Crippen LogP contribution in [0.3, 0.4) is 0 Å². The fourth-order valence-corrected chi connectivity index (χ4v) is 3.14. The van der Waals surface area contributed by atoms with Crippen molar-refractivity contribution >= 4 is 11.7 Å². The first kappa shape index (κ1) is 17.1. The molecule has 4 rings (SSSR count). The number of anilines is 1. The Hall–Kier alpha value is -3.29. The van der Waals surface area contributed by atoms with Gasteiger partial charge in [0.1, 0.15) is 17.3 Å². The molecule has 1 aromatic carbocycles. The second-order valence-corrected chi connectivity index (χ2v) is 6.40. The second kappa shape index (κ2) is 7.94. The van der Waals surface area contributed by atoms with Gasteiger partial charge in [-0.25, -0.2) is 9.97 Å². The highest BCUT2D eigenvalue weighted by atomic mass is 16.1. The standard InChI is InChI=1S/C19H21N7O/c27-19-17-15(8-9-21-19)18(20-10-12-26-13-11-22-25-26)24-16(23-17)7-6-14-4-2-1-3-5-14/h1-5,11,13H,6-10,12H2,(H,21,27)(H,20,23,24). The summed E-state index contributed by atoms with van der Waals surface area (Å²) in [7, 11) is 0. The maximum absolute atomic E-state index is 12.3. The fraction of sp³-hybridized carbons (Fsp3) is 0.316. The van der Waals surface area contributed by atoms with E-state index in [-0.39, 0.29) is 5.91 Å². The molecule has 0 aliphatic carbocycles. The molecule has 27 heavy (non-hydrogen) atoms. The number of hydrogen-bond acceptors (Lipinski definition) is 6. The Bertz CT molecular complexity index is 909. The van der Waals surface area contributed by atoms with Crippen LogP contribution in [-0.4, -0.2) is 44.0 Å². The van der Waals surface area contributed by atoms with Gasteiger partial charge in [0.15, 0.2) is 0 Å². The van der Waals surface area contributed by atoms with E-state index in [1.807, 2.05) is 24.4 Å². The van der Waals surface area contributed by atoms with Crippen molar-refractivity contribution in [2.45, 2.75) is 25.8 Å². The van der Waals surface area contributed by atoms with Gasteiger partial charge in [-0.1, -0.05) is 35.5 Å². The van der Waals surface area contributed by atoms with Gasteiger partial charge in [-0.15, -0.1) is 5.10 Å². The van der Waals surface area contributed by atoms with Crippen LogP contribution in [0.2, 0.25) is 0 Å². The minimum atomic E-state index is -0.126. The van der Waals surface area contributed by atoms with Crippen LogP contribution in [0.5, 0.6) is 0 Å². The van der Waals surface area contributed by atoms with Crippen molar-refractivity contribution in [2.24, 2.45) is 0 Å². The molecule has 3 heterocycles. The molecule has 1 amide bonds. The van der Waals surface area contributed by atoms with Crippen LogP contribution in [0.1, 0.15) is 27.4 Å². The van der Waals surface area contributed by atoms with E-state index < -0.39 is 0 Å². The Kier molecular flexibility index (Phi) is 5.04. The van der Waals surface area contributed by atoms with E-state index in [9.17, 15) is 4.79 Å². The smallest absolute Gasteiger partial charge is 0.270 e. The number of carbonyl (C=O) groups excluding carboxylic acids is 1. The first-order valence-electron chi connectivity index (χ1n) is 9.09. The summed E-state index contributed by atoms with van der Waals surface area (Å²) >= 11 is 0. The third kappa shape index (κ3) is 4.11. The minimum absolute atomic E-state index is 0.126. The van der Waals surface area contributed by atoms with Gasteiger partial charge in [0.05, 0.1) is 12.7 Å². The number of rotatable bonds is 7. The summed E-state index contributed by atoms with van der Waals surface area (Å²) in [5.41, 5.74) is 2.60. The monoisotopic (exact) mass is 363 g/mol. The van der Waals surface area contributed by atoms with Gasteiger partial charge >= 0.3 is 0 Å². The Balaban J connectivity index is 1.52. The summed E-state index contributed by atoms with van der Waals surface area (Å²) < 4.78 is 1.75. The van der Waals surface area contributed by atoms with Gasteiger partial charge in [-0.3, -0.25) is 9.48 Å². The van der Waals surface area contributed by atoms with Gasteiger partial charge < -0.3 is 10.6 Å². The Morgan fingerprint density at radius 2 is 2.04 bits per heavy atom. The largest absolute Gasteiger partial charge is 0.368 e. The summed E-state index contributed by atoms with van der Waals surface area (Å²) in [5, 5.41) is 14.0. The van der Waals surface area contributed by atoms with Crippen molar-refractivity contribution in [3.05, 3.63) is 65.4 Å². The van der Waals surface area contributed by atoms with Crippen LogP contribution < -0.4 is 10.6 Å². The minimum Gasteiger partial charge on any atom is -0.368 e. The molecule has 0 spiro atoms. The van der Waals surface area contributed by atoms with Crippen molar-refractivity contribution in [3.63, 3.8) is 0 Å². The molecule has 8 nitrogen and oxygen atoms in total.